The zero-order chi connectivity index (χ0) is 22.2. The van der Waals surface area contributed by atoms with Crippen LogP contribution in [0.1, 0.15) is 37.0 Å². The Morgan fingerprint density at radius 3 is 1.38 bits per heavy atom. The van der Waals surface area contributed by atoms with E-state index in [4.69, 9.17) is 0 Å². The number of hydrogen-bond acceptors (Lipinski definition) is 0. The van der Waals surface area contributed by atoms with Crippen molar-refractivity contribution in [1.82, 2.24) is 0 Å². The van der Waals surface area contributed by atoms with Gasteiger partial charge in [-0.05, 0) is 0 Å². The number of aryl methyl sites for hydroxylation is 3. The summed E-state index contributed by atoms with van der Waals surface area (Å²) in [6, 6.07) is 27.9. The summed E-state index contributed by atoms with van der Waals surface area (Å²) in [6.45, 7) is 11.4. The molecule has 1 aliphatic rings. The zero-order valence-corrected chi connectivity index (χ0v) is 25.5. The summed E-state index contributed by atoms with van der Waals surface area (Å²) in [5.41, 5.74) is 5.58. The van der Waals surface area contributed by atoms with E-state index in [0.717, 1.165) is 6.42 Å². The van der Waals surface area contributed by atoms with Crippen LogP contribution in [-0.4, -0.2) is 8.07 Å². The van der Waals surface area contributed by atoms with Crippen molar-refractivity contribution in [2.24, 2.45) is 5.92 Å². The molecule has 0 amide bonds. The Morgan fingerprint density at radius 1 is 0.676 bits per heavy atom. The first-order valence-corrected chi connectivity index (χ1v) is 14.0. The van der Waals surface area contributed by atoms with Crippen LogP contribution >= 0.6 is 37.2 Å². The van der Waals surface area contributed by atoms with Crippen LogP contribution in [0.15, 0.2) is 93.5 Å². The Bertz CT molecular complexity index is 1090. The van der Waals surface area contributed by atoms with E-state index in [-0.39, 0.29) is 37.2 Å². The normalized spacial score (nSPS) is 13.0. The molecular formula is C29H34Cl3SiTi. The number of benzene rings is 3. The van der Waals surface area contributed by atoms with E-state index >= 15 is 0 Å². The Morgan fingerprint density at radius 2 is 1.06 bits per heavy atom. The fraction of sp³-hybridized carbons (Fsp3) is 0.241. The van der Waals surface area contributed by atoms with E-state index in [0.29, 0.717) is 5.92 Å². The summed E-state index contributed by atoms with van der Waals surface area (Å²) in [5.74, 6) is 0.514. The Hall–Kier alpha value is -1.06. The van der Waals surface area contributed by atoms with Crippen molar-refractivity contribution >= 4 is 60.9 Å². The van der Waals surface area contributed by atoms with E-state index < -0.39 is 8.07 Å². The van der Waals surface area contributed by atoms with E-state index in [1.54, 1.807) is 10.8 Å². The molecule has 34 heavy (non-hydrogen) atoms. The molecule has 179 valence electrons. The number of allylic oxidation sites excluding steroid dienone is 4. The molecule has 0 nitrogen and oxygen atoms in total. The maximum Gasteiger partial charge on any atom is -0.147 e. The van der Waals surface area contributed by atoms with Crippen LogP contribution < -0.4 is 15.6 Å². The number of rotatable bonds is 5. The molecular weight excluding hydrogens is 531 g/mol. The average molecular weight is 565 g/mol. The van der Waals surface area contributed by atoms with Crippen molar-refractivity contribution in [1.29, 1.82) is 0 Å². The van der Waals surface area contributed by atoms with Crippen LogP contribution in [0.25, 0.3) is 0 Å². The maximum absolute atomic E-state index is 2.56. The van der Waals surface area contributed by atoms with E-state index in [9.17, 15) is 0 Å². The van der Waals surface area contributed by atoms with Crippen molar-refractivity contribution in [3.05, 3.63) is 110 Å². The largest absolute Gasteiger partial charge is 0.147 e. The van der Waals surface area contributed by atoms with Gasteiger partial charge in [-0.2, -0.15) is 0 Å². The minimum atomic E-state index is -2.45. The topological polar surface area (TPSA) is 0 Å². The minimum Gasteiger partial charge on any atom is -0.147 e. The van der Waals surface area contributed by atoms with Crippen molar-refractivity contribution in [2.45, 2.75) is 41.0 Å². The van der Waals surface area contributed by atoms with Gasteiger partial charge in [0, 0.05) is 0 Å². The van der Waals surface area contributed by atoms with Gasteiger partial charge in [-0.1, -0.05) is 0 Å². The average Bonchev–Trinajstić information content (AvgIpc) is 3.11. The summed E-state index contributed by atoms with van der Waals surface area (Å²) in [7, 11) is -2.45. The fourth-order valence-electron chi connectivity index (χ4n) is 5.20. The van der Waals surface area contributed by atoms with Crippen molar-refractivity contribution in [3.8, 4) is 0 Å². The van der Waals surface area contributed by atoms with Crippen LogP contribution in [0, 0.1) is 26.7 Å². The van der Waals surface area contributed by atoms with Gasteiger partial charge in [-0.25, -0.2) is 0 Å². The molecule has 3 aromatic rings. The molecule has 0 radical (unpaired) electrons. The molecule has 0 saturated carbocycles. The molecule has 4 rings (SSSR count). The SMILES string of the molecule is Cc1cccc([Si](C2=CC[C]([Ti])=C2C(C)C)(c2cccc(C)c2)c2cccc(C)c2)c1.Cl.Cl.Cl. The predicted octanol–water partition coefficient (Wildman–Crippen LogP) is 6.67. The summed E-state index contributed by atoms with van der Waals surface area (Å²) < 4.78 is 1.54. The van der Waals surface area contributed by atoms with Gasteiger partial charge in [0.15, 0.2) is 0 Å². The predicted molar refractivity (Wildman–Crippen MR) is 155 cm³/mol. The van der Waals surface area contributed by atoms with Gasteiger partial charge < -0.3 is 0 Å². The first kappa shape index (κ1) is 31.0. The summed E-state index contributed by atoms with van der Waals surface area (Å²) in [6.07, 6.45) is 3.63. The van der Waals surface area contributed by atoms with Crippen molar-refractivity contribution < 1.29 is 20.4 Å². The van der Waals surface area contributed by atoms with E-state index in [1.165, 1.54) is 36.1 Å². The molecule has 0 bridgehead atoms. The summed E-state index contributed by atoms with van der Waals surface area (Å²) >= 11 is 2.33. The zero-order valence-electron chi connectivity index (χ0n) is 20.5. The van der Waals surface area contributed by atoms with Crippen LogP contribution in [-0.2, 0) is 20.4 Å². The van der Waals surface area contributed by atoms with Gasteiger partial charge in [0.1, 0.15) is 0 Å². The first-order valence-electron chi connectivity index (χ1n) is 11.2. The maximum atomic E-state index is 2.56. The van der Waals surface area contributed by atoms with Gasteiger partial charge in [0.25, 0.3) is 0 Å². The van der Waals surface area contributed by atoms with Gasteiger partial charge >= 0.3 is 201 Å². The first-order chi connectivity index (χ1) is 14.8. The fourth-order valence-corrected chi connectivity index (χ4v) is 11.8. The van der Waals surface area contributed by atoms with E-state index in [2.05, 4.69) is 134 Å². The van der Waals surface area contributed by atoms with Crippen LogP contribution in [0.3, 0.4) is 0 Å². The third kappa shape index (κ3) is 5.67. The number of halogens is 3. The van der Waals surface area contributed by atoms with Crippen molar-refractivity contribution in [2.75, 3.05) is 0 Å². The molecule has 0 heterocycles. The molecule has 1 aliphatic carbocycles. The molecule has 0 unspecified atom stereocenters. The van der Waals surface area contributed by atoms with Gasteiger partial charge in [0.2, 0.25) is 0 Å². The molecule has 5 heteroatoms. The standard InChI is InChI=1S/C29H31Si.3ClH.Ti/c1-21(2)28-16-9-17-29(28)30(25-13-6-10-22(3)18-25,26-14-7-11-23(4)19-26)27-15-8-12-24(5)20-27;;;;/h6-8,10-15,17-21H,9H2,1-5H3;3*1H;. The molecule has 0 saturated heterocycles. The quantitative estimate of drug-likeness (QED) is 0.240. The molecule has 0 fully saturated rings. The number of hydrogen-bond donors (Lipinski definition) is 0. The van der Waals surface area contributed by atoms with Crippen LogP contribution in [0.5, 0.6) is 0 Å². The third-order valence-electron chi connectivity index (χ3n) is 6.46. The molecule has 0 aromatic heterocycles. The second kappa shape index (κ2) is 12.8. The monoisotopic (exact) mass is 563 g/mol. The molecule has 0 N–H and O–H groups in total. The molecule has 3 aromatic carbocycles. The van der Waals surface area contributed by atoms with E-state index in [1.807, 2.05) is 0 Å². The van der Waals surface area contributed by atoms with Gasteiger partial charge in [-0.3, -0.25) is 0 Å². The van der Waals surface area contributed by atoms with Crippen LogP contribution in [0.4, 0.5) is 0 Å². The Labute approximate surface area is 237 Å². The minimum absolute atomic E-state index is 0. The third-order valence-corrected chi connectivity index (χ3v) is 12.0. The molecule has 0 aliphatic heterocycles. The molecule has 0 atom stereocenters. The summed E-state index contributed by atoms with van der Waals surface area (Å²) in [5, 5.41) is 6.07. The van der Waals surface area contributed by atoms with Gasteiger partial charge in [-0.15, -0.1) is 37.2 Å². The second-order valence-corrected chi connectivity index (χ2v) is 13.9. The van der Waals surface area contributed by atoms with Crippen LogP contribution in [0.2, 0.25) is 0 Å². The Kier molecular flexibility index (Phi) is 11.6. The second-order valence-electron chi connectivity index (χ2n) is 9.23. The van der Waals surface area contributed by atoms with Crippen molar-refractivity contribution in [3.63, 3.8) is 0 Å². The Balaban J connectivity index is 0.00000193. The van der Waals surface area contributed by atoms with Gasteiger partial charge in [0.05, 0.1) is 0 Å². The molecule has 0 spiro atoms. The summed E-state index contributed by atoms with van der Waals surface area (Å²) in [4.78, 5) is 0. The smallest absolute Gasteiger partial charge is 0.147 e.